The van der Waals surface area contributed by atoms with Crippen molar-refractivity contribution in [2.75, 3.05) is 20.3 Å². The van der Waals surface area contributed by atoms with E-state index in [1.807, 2.05) is 6.92 Å². The van der Waals surface area contributed by atoms with Crippen LogP contribution in [-0.4, -0.2) is 26.2 Å². The second kappa shape index (κ2) is 9.82. The number of rotatable bonds is 8. The van der Waals surface area contributed by atoms with Gasteiger partial charge in [0, 0.05) is 12.6 Å². The molecule has 2 aromatic rings. The van der Waals surface area contributed by atoms with Gasteiger partial charge in [-0.2, -0.15) is 0 Å². The molecule has 0 aromatic heterocycles. The van der Waals surface area contributed by atoms with Crippen LogP contribution in [0.2, 0.25) is 5.02 Å². The van der Waals surface area contributed by atoms with Crippen LogP contribution in [0, 0.1) is 5.82 Å². The maximum atomic E-state index is 13.5. The van der Waals surface area contributed by atoms with E-state index in [9.17, 15) is 9.18 Å². The van der Waals surface area contributed by atoms with Gasteiger partial charge in [0.15, 0.2) is 11.5 Å². The van der Waals surface area contributed by atoms with Crippen LogP contribution in [0.15, 0.2) is 42.5 Å². The molecule has 26 heavy (non-hydrogen) atoms. The predicted molar refractivity (Wildman–Crippen MR) is 101 cm³/mol. The van der Waals surface area contributed by atoms with Gasteiger partial charge in [0.2, 0.25) is 5.91 Å². The van der Waals surface area contributed by atoms with Crippen molar-refractivity contribution < 1.29 is 18.7 Å². The van der Waals surface area contributed by atoms with Crippen LogP contribution in [0.5, 0.6) is 11.5 Å². The maximum absolute atomic E-state index is 13.5. The van der Waals surface area contributed by atoms with Gasteiger partial charge in [0.05, 0.1) is 18.7 Å². The second-order valence-corrected chi connectivity index (χ2v) is 5.84. The molecule has 0 radical (unpaired) electrons. The number of hydrogen-bond donors (Lipinski definition) is 1. The zero-order chi connectivity index (χ0) is 18.9. The zero-order valence-corrected chi connectivity index (χ0v) is 15.5. The zero-order valence-electron chi connectivity index (χ0n) is 14.7. The van der Waals surface area contributed by atoms with Gasteiger partial charge in [0.1, 0.15) is 5.82 Å². The molecule has 0 aliphatic heterocycles. The number of benzene rings is 2. The van der Waals surface area contributed by atoms with Gasteiger partial charge in [0.25, 0.3) is 0 Å². The molecule has 4 nitrogen and oxygen atoms in total. The van der Waals surface area contributed by atoms with Crippen LogP contribution in [-0.2, 0) is 11.2 Å². The highest BCUT2D eigenvalue weighted by molar-refractivity contribution is 6.32. The molecule has 2 aromatic carbocycles. The molecule has 1 amide bonds. The Kier molecular flexibility index (Phi) is 7.48. The van der Waals surface area contributed by atoms with Crippen LogP contribution >= 0.6 is 11.6 Å². The largest absolute Gasteiger partial charge is 0.491 e. The predicted octanol–water partition coefficient (Wildman–Crippen LogP) is 4.26. The van der Waals surface area contributed by atoms with Crippen LogP contribution in [0.3, 0.4) is 0 Å². The highest BCUT2D eigenvalue weighted by Crippen LogP contribution is 2.36. The number of halogens is 2. The summed E-state index contributed by atoms with van der Waals surface area (Å²) in [5.74, 6) is 0.432. The van der Waals surface area contributed by atoms with Crippen LogP contribution in [0.1, 0.15) is 18.1 Å². The summed E-state index contributed by atoms with van der Waals surface area (Å²) in [4.78, 5) is 11.9. The molecule has 0 fully saturated rings. The van der Waals surface area contributed by atoms with Crippen molar-refractivity contribution in [2.24, 2.45) is 0 Å². The molecule has 0 unspecified atom stereocenters. The van der Waals surface area contributed by atoms with E-state index in [0.29, 0.717) is 47.2 Å². The fourth-order valence-electron chi connectivity index (χ4n) is 2.40. The van der Waals surface area contributed by atoms with E-state index in [0.717, 1.165) is 0 Å². The number of carbonyl (C=O) groups excluding carboxylic acids is 1. The van der Waals surface area contributed by atoms with Gasteiger partial charge in [-0.05, 0) is 48.7 Å². The van der Waals surface area contributed by atoms with Crippen molar-refractivity contribution in [1.29, 1.82) is 0 Å². The topological polar surface area (TPSA) is 47.6 Å². The molecular formula is C20H21ClFNO3. The quantitative estimate of drug-likeness (QED) is 0.699. The average Bonchev–Trinajstić information content (AvgIpc) is 2.62. The minimum atomic E-state index is -0.272. The molecule has 2 rings (SSSR count). The van der Waals surface area contributed by atoms with E-state index in [1.165, 1.54) is 19.3 Å². The Hall–Kier alpha value is -2.53. The number of nitrogens with one attached hydrogen (secondary N) is 1. The SMILES string of the molecule is CCOc1cc(/C=C/C(=O)NCCc2ccccc2F)cc(Cl)c1OC. The maximum Gasteiger partial charge on any atom is 0.244 e. The Balaban J connectivity index is 1.96. The Morgan fingerprint density at radius 2 is 2.08 bits per heavy atom. The minimum Gasteiger partial charge on any atom is -0.491 e. The first-order chi connectivity index (χ1) is 12.5. The summed E-state index contributed by atoms with van der Waals surface area (Å²) in [5.41, 5.74) is 1.28. The highest BCUT2D eigenvalue weighted by atomic mass is 35.5. The third-order valence-corrected chi connectivity index (χ3v) is 3.90. The normalized spacial score (nSPS) is 10.8. The van der Waals surface area contributed by atoms with Crippen molar-refractivity contribution in [2.45, 2.75) is 13.3 Å². The Morgan fingerprint density at radius 1 is 1.31 bits per heavy atom. The van der Waals surface area contributed by atoms with Crippen LogP contribution < -0.4 is 14.8 Å². The molecule has 0 atom stereocenters. The lowest BCUT2D eigenvalue weighted by molar-refractivity contribution is -0.116. The lowest BCUT2D eigenvalue weighted by Crippen LogP contribution is -2.23. The summed E-state index contributed by atoms with van der Waals surface area (Å²) in [6.45, 7) is 2.67. The molecule has 138 valence electrons. The molecule has 1 N–H and O–H groups in total. The van der Waals surface area contributed by atoms with E-state index in [4.69, 9.17) is 21.1 Å². The van der Waals surface area contributed by atoms with Crippen LogP contribution in [0.4, 0.5) is 4.39 Å². The lowest BCUT2D eigenvalue weighted by atomic mass is 10.1. The number of amides is 1. The first-order valence-corrected chi connectivity index (χ1v) is 8.62. The summed E-state index contributed by atoms with van der Waals surface area (Å²) < 4.78 is 24.2. The van der Waals surface area contributed by atoms with E-state index in [2.05, 4.69) is 5.32 Å². The van der Waals surface area contributed by atoms with Crippen molar-refractivity contribution in [1.82, 2.24) is 5.32 Å². The molecule has 0 heterocycles. The van der Waals surface area contributed by atoms with Crippen molar-refractivity contribution in [3.8, 4) is 11.5 Å². The highest BCUT2D eigenvalue weighted by Gasteiger charge is 2.10. The van der Waals surface area contributed by atoms with Gasteiger partial charge in [-0.1, -0.05) is 29.8 Å². The lowest BCUT2D eigenvalue weighted by Gasteiger charge is -2.11. The van der Waals surface area contributed by atoms with Gasteiger partial charge >= 0.3 is 0 Å². The summed E-state index contributed by atoms with van der Waals surface area (Å²) >= 11 is 6.18. The molecule has 0 saturated heterocycles. The summed E-state index contributed by atoms with van der Waals surface area (Å²) in [6.07, 6.45) is 3.45. The fourth-order valence-corrected chi connectivity index (χ4v) is 2.69. The third-order valence-electron chi connectivity index (χ3n) is 3.61. The van der Waals surface area contributed by atoms with Gasteiger partial charge in [-0.25, -0.2) is 4.39 Å². The number of methoxy groups -OCH3 is 1. The molecule has 0 aliphatic rings. The van der Waals surface area contributed by atoms with Crippen molar-refractivity contribution in [3.63, 3.8) is 0 Å². The fraction of sp³-hybridized carbons (Fsp3) is 0.250. The first kappa shape index (κ1) is 19.8. The smallest absolute Gasteiger partial charge is 0.244 e. The van der Waals surface area contributed by atoms with Crippen molar-refractivity contribution >= 4 is 23.6 Å². The Labute approximate surface area is 157 Å². The summed E-state index contributed by atoms with van der Waals surface area (Å²) in [6, 6.07) is 9.94. The van der Waals surface area contributed by atoms with Gasteiger partial charge < -0.3 is 14.8 Å². The molecule has 0 bridgehead atoms. The standard InChI is InChI=1S/C20H21ClFNO3/c1-3-26-18-13-14(12-16(21)20(18)25-2)8-9-19(24)23-11-10-15-6-4-5-7-17(15)22/h4-9,12-13H,3,10-11H2,1-2H3,(H,23,24)/b9-8+. The van der Waals surface area contributed by atoms with Crippen molar-refractivity contribution in [3.05, 3.63) is 64.4 Å². The second-order valence-electron chi connectivity index (χ2n) is 5.43. The number of hydrogen-bond acceptors (Lipinski definition) is 3. The molecule has 0 aliphatic carbocycles. The molecule has 6 heteroatoms. The monoisotopic (exact) mass is 377 g/mol. The molecule has 0 saturated carbocycles. The summed E-state index contributed by atoms with van der Waals surface area (Å²) in [5, 5.41) is 3.13. The molecular weight excluding hydrogens is 357 g/mol. The Morgan fingerprint density at radius 3 is 2.77 bits per heavy atom. The van der Waals surface area contributed by atoms with E-state index < -0.39 is 0 Å². The van der Waals surface area contributed by atoms with E-state index in [-0.39, 0.29) is 11.7 Å². The van der Waals surface area contributed by atoms with Gasteiger partial charge in [-0.15, -0.1) is 0 Å². The van der Waals surface area contributed by atoms with E-state index >= 15 is 0 Å². The van der Waals surface area contributed by atoms with Crippen LogP contribution in [0.25, 0.3) is 6.08 Å². The first-order valence-electron chi connectivity index (χ1n) is 8.24. The Bertz CT molecular complexity index is 793. The van der Waals surface area contributed by atoms with E-state index in [1.54, 1.807) is 36.4 Å². The average molecular weight is 378 g/mol. The summed E-state index contributed by atoms with van der Waals surface area (Å²) in [7, 11) is 1.52. The van der Waals surface area contributed by atoms with Gasteiger partial charge in [-0.3, -0.25) is 4.79 Å². The molecule has 0 spiro atoms. The number of ether oxygens (including phenoxy) is 2. The minimum absolute atomic E-state index is 0.270. The number of carbonyl (C=O) groups is 1. The third kappa shape index (κ3) is 5.49.